The molecule has 0 fully saturated rings. The summed E-state index contributed by atoms with van der Waals surface area (Å²) in [6.45, 7) is 0. The average molecular weight is 305 g/mol. The number of rotatable bonds is 3. The molecule has 0 aliphatic heterocycles. The van der Waals surface area contributed by atoms with Gasteiger partial charge in [0.1, 0.15) is 5.58 Å². The van der Waals surface area contributed by atoms with E-state index < -0.39 is 0 Å². The molecule has 0 saturated heterocycles. The zero-order valence-corrected chi connectivity index (χ0v) is 11.9. The number of hydrogen-bond acceptors (Lipinski definition) is 5. The van der Waals surface area contributed by atoms with Crippen molar-refractivity contribution in [3.63, 3.8) is 0 Å². The zero-order chi connectivity index (χ0) is 15.6. The molecule has 0 unspecified atom stereocenters. The fourth-order valence-electron chi connectivity index (χ4n) is 2.32. The molecule has 4 rings (SSSR count). The highest BCUT2D eigenvalue weighted by Crippen LogP contribution is 2.22. The van der Waals surface area contributed by atoms with Crippen LogP contribution >= 0.6 is 0 Å². The third-order valence-corrected chi connectivity index (χ3v) is 3.38. The molecule has 0 bridgehead atoms. The van der Waals surface area contributed by atoms with Crippen LogP contribution in [0.4, 0.5) is 5.69 Å². The van der Waals surface area contributed by atoms with Crippen LogP contribution in [0.5, 0.6) is 0 Å². The summed E-state index contributed by atoms with van der Waals surface area (Å²) < 4.78 is 10.7. The molecule has 2 aromatic heterocycles. The van der Waals surface area contributed by atoms with Crippen LogP contribution in [0.3, 0.4) is 0 Å². The zero-order valence-electron chi connectivity index (χ0n) is 11.9. The second kappa shape index (κ2) is 5.42. The van der Waals surface area contributed by atoms with E-state index in [1.54, 1.807) is 24.3 Å². The van der Waals surface area contributed by atoms with Crippen molar-refractivity contribution in [3.8, 4) is 11.5 Å². The quantitative estimate of drug-likeness (QED) is 0.623. The van der Waals surface area contributed by atoms with Gasteiger partial charge in [-0.05, 0) is 30.3 Å². The first kappa shape index (κ1) is 13.3. The third kappa shape index (κ3) is 2.57. The Hall–Kier alpha value is -3.41. The molecule has 0 aliphatic carbocycles. The van der Waals surface area contributed by atoms with Crippen molar-refractivity contribution in [1.29, 1.82) is 0 Å². The van der Waals surface area contributed by atoms with Gasteiger partial charge in [0, 0.05) is 16.6 Å². The molecule has 0 spiro atoms. The van der Waals surface area contributed by atoms with Crippen molar-refractivity contribution in [3.05, 3.63) is 66.8 Å². The molecule has 0 aliphatic rings. The predicted molar refractivity (Wildman–Crippen MR) is 83.9 cm³/mol. The van der Waals surface area contributed by atoms with E-state index in [0.717, 1.165) is 10.9 Å². The number of nitrogens with one attached hydrogen (secondary N) is 1. The number of furan rings is 1. The smallest absolute Gasteiger partial charge is 0.291 e. The fraction of sp³-hybridized carbons (Fsp3) is 0. The average Bonchev–Trinajstić information content (AvgIpc) is 3.24. The first-order valence-electron chi connectivity index (χ1n) is 6.96. The van der Waals surface area contributed by atoms with E-state index in [-0.39, 0.29) is 11.7 Å². The van der Waals surface area contributed by atoms with Crippen molar-refractivity contribution in [1.82, 2.24) is 10.2 Å². The maximum Gasteiger partial charge on any atom is 0.291 e. The monoisotopic (exact) mass is 305 g/mol. The van der Waals surface area contributed by atoms with Crippen LogP contribution in [0.25, 0.3) is 22.4 Å². The van der Waals surface area contributed by atoms with E-state index in [1.165, 1.54) is 6.39 Å². The second-order valence-corrected chi connectivity index (χ2v) is 4.93. The van der Waals surface area contributed by atoms with E-state index in [2.05, 4.69) is 15.5 Å². The standard InChI is InChI=1S/C17H11N3O3/c21-16(15-9-11-4-1-2-7-14(11)23-15)19-13-6-3-5-12(8-13)17-20-18-10-22-17/h1-10H,(H,19,21). The third-order valence-electron chi connectivity index (χ3n) is 3.38. The van der Waals surface area contributed by atoms with E-state index >= 15 is 0 Å². The molecule has 0 saturated carbocycles. The van der Waals surface area contributed by atoms with Crippen LogP contribution in [0.15, 0.2) is 69.8 Å². The number of hydrogen-bond donors (Lipinski definition) is 1. The van der Waals surface area contributed by atoms with Crippen LogP contribution in [0, 0.1) is 0 Å². The Morgan fingerprint density at radius 3 is 2.78 bits per heavy atom. The van der Waals surface area contributed by atoms with Crippen LogP contribution in [0.2, 0.25) is 0 Å². The number of anilines is 1. The Kier molecular flexibility index (Phi) is 3.12. The lowest BCUT2D eigenvalue weighted by molar-refractivity contribution is 0.0998. The van der Waals surface area contributed by atoms with Gasteiger partial charge in [-0.1, -0.05) is 24.3 Å². The van der Waals surface area contributed by atoms with E-state index in [4.69, 9.17) is 8.83 Å². The highest BCUT2D eigenvalue weighted by Gasteiger charge is 2.13. The van der Waals surface area contributed by atoms with Crippen molar-refractivity contribution in [2.24, 2.45) is 0 Å². The molecule has 1 amide bonds. The Morgan fingerprint density at radius 1 is 1.04 bits per heavy atom. The van der Waals surface area contributed by atoms with Crippen molar-refractivity contribution in [2.75, 3.05) is 5.32 Å². The van der Waals surface area contributed by atoms with Gasteiger partial charge < -0.3 is 14.2 Å². The summed E-state index contributed by atoms with van der Waals surface area (Å²) in [5, 5.41) is 11.2. The topological polar surface area (TPSA) is 81.2 Å². The lowest BCUT2D eigenvalue weighted by Crippen LogP contribution is -2.10. The van der Waals surface area contributed by atoms with Crippen LogP contribution in [-0.4, -0.2) is 16.1 Å². The van der Waals surface area contributed by atoms with Gasteiger partial charge in [-0.2, -0.15) is 0 Å². The number of benzene rings is 2. The van der Waals surface area contributed by atoms with E-state index in [9.17, 15) is 4.79 Å². The van der Waals surface area contributed by atoms with Gasteiger partial charge in [0.25, 0.3) is 5.91 Å². The fourth-order valence-corrected chi connectivity index (χ4v) is 2.32. The normalized spacial score (nSPS) is 10.8. The number of fused-ring (bicyclic) bond motifs is 1. The van der Waals surface area contributed by atoms with Gasteiger partial charge in [-0.15, -0.1) is 10.2 Å². The highest BCUT2D eigenvalue weighted by molar-refractivity contribution is 6.04. The van der Waals surface area contributed by atoms with Gasteiger partial charge in [0.15, 0.2) is 5.76 Å². The predicted octanol–water partition coefficient (Wildman–Crippen LogP) is 3.74. The van der Waals surface area contributed by atoms with Crippen LogP contribution in [-0.2, 0) is 0 Å². The molecular formula is C17H11N3O3. The largest absolute Gasteiger partial charge is 0.451 e. The van der Waals surface area contributed by atoms with Gasteiger partial charge in [-0.3, -0.25) is 4.79 Å². The van der Waals surface area contributed by atoms with Gasteiger partial charge in [0.2, 0.25) is 12.3 Å². The summed E-state index contributed by atoms with van der Waals surface area (Å²) in [6.07, 6.45) is 1.26. The van der Waals surface area contributed by atoms with Crippen molar-refractivity contribution in [2.45, 2.75) is 0 Å². The lowest BCUT2D eigenvalue weighted by Gasteiger charge is -2.04. The molecule has 0 atom stereocenters. The van der Waals surface area contributed by atoms with E-state index in [1.807, 2.05) is 30.3 Å². The Bertz CT molecular complexity index is 941. The number of carbonyl (C=O) groups excluding carboxylic acids is 1. The summed E-state index contributed by atoms with van der Waals surface area (Å²) in [5.41, 5.74) is 2.02. The minimum absolute atomic E-state index is 0.259. The first-order valence-corrected chi connectivity index (χ1v) is 6.96. The van der Waals surface area contributed by atoms with Gasteiger partial charge >= 0.3 is 0 Å². The highest BCUT2D eigenvalue weighted by atomic mass is 16.4. The minimum atomic E-state index is -0.316. The maximum absolute atomic E-state index is 12.3. The number of aromatic nitrogens is 2. The molecule has 112 valence electrons. The van der Waals surface area contributed by atoms with Crippen molar-refractivity contribution < 1.29 is 13.6 Å². The Morgan fingerprint density at radius 2 is 1.96 bits per heavy atom. The number of para-hydroxylation sites is 1. The van der Waals surface area contributed by atoms with Crippen LogP contribution in [0.1, 0.15) is 10.6 Å². The molecule has 6 nitrogen and oxygen atoms in total. The number of amides is 1. The minimum Gasteiger partial charge on any atom is -0.451 e. The molecule has 4 aromatic rings. The summed E-state index contributed by atoms with van der Waals surface area (Å²) in [6, 6.07) is 16.3. The first-order chi connectivity index (χ1) is 11.3. The van der Waals surface area contributed by atoms with E-state index in [0.29, 0.717) is 17.2 Å². The van der Waals surface area contributed by atoms with Crippen LogP contribution < -0.4 is 5.32 Å². The Balaban J connectivity index is 1.60. The number of carbonyl (C=O) groups is 1. The van der Waals surface area contributed by atoms with Crippen molar-refractivity contribution >= 4 is 22.6 Å². The Labute approximate surface area is 130 Å². The summed E-state index contributed by atoms with van der Waals surface area (Å²) >= 11 is 0. The SMILES string of the molecule is O=C(Nc1cccc(-c2nnco2)c1)c1cc2ccccc2o1. The molecule has 23 heavy (non-hydrogen) atoms. The summed E-state index contributed by atoms with van der Waals surface area (Å²) in [5.74, 6) is 0.336. The molecule has 6 heteroatoms. The summed E-state index contributed by atoms with van der Waals surface area (Å²) in [7, 11) is 0. The molecule has 2 heterocycles. The lowest BCUT2D eigenvalue weighted by atomic mass is 10.2. The molecule has 2 aromatic carbocycles. The number of nitrogens with zero attached hydrogens (tertiary/aromatic N) is 2. The molecule has 0 radical (unpaired) electrons. The molecule has 1 N–H and O–H groups in total. The molecular weight excluding hydrogens is 294 g/mol. The maximum atomic E-state index is 12.3. The second-order valence-electron chi connectivity index (χ2n) is 4.93. The van der Waals surface area contributed by atoms with Gasteiger partial charge in [0.05, 0.1) is 0 Å². The van der Waals surface area contributed by atoms with Gasteiger partial charge in [-0.25, -0.2) is 0 Å². The summed E-state index contributed by atoms with van der Waals surface area (Å²) in [4.78, 5) is 12.3.